The number of anilines is 1. The van der Waals surface area contributed by atoms with Gasteiger partial charge in [0.2, 0.25) is 0 Å². The summed E-state index contributed by atoms with van der Waals surface area (Å²) in [5.41, 5.74) is 1.17. The number of rotatable bonds is 6. The predicted molar refractivity (Wildman–Crippen MR) is 105 cm³/mol. The fraction of sp³-hybridized carbons (Fsp3) is 0.250. The summed E-state index contributed by atoms with van der Waals surface area (Å²) in [6, 6.07) is 9.33. The molecule has 1 aliphatic rings. The molecule has 7 nitrogen and oxygen atoms in total. The highest BCUT2D eigenvalue weighted by Gasteiger charge is 2.28. The normalized spacial score (nSPS) is 12.9. The standard InChI is InChI=1S/C20H21NO6S/c1-4-10-21(17-7-5-6-16(14(17)2)20(22)25-3)28(23,24)15-8-9-18-19(13-15)27-12-11-26-18/h4-9,13H,1,10-12H2,2-3H3. The van der Waals surface area contributed by atoms with Gasteiger partial charge in [-0.25, -0.2) is 13.2 Å². The van der Waals surface area contributed by atoms with E-state index in [2.05, 4.69) is 6.58 Å². The topological polar surface area (TPSA) is 82.1 Å². The first-order valence-corrected chi connectivity index (χ1v) is 10.1. The minimum Gasteiger partial charge on any atom is -0.486 e. The average molecular weight is 403 g/mol. The van der Waals surface area contributed by atoms with Gasteiger partial charge in [-0.1, -0.05) is 12.1 Å². The van der Waals surface area contributed by atoms with E-state index in [4.69, 9.17) is 14.2 Å². The van der Waals surface area contributed by atoms with Gasteiger partial charge >= 0.3 is 5.97 Å². The molecule has 0 aromatic heterocycles. The number of benzene rings is 2. The minimum absolute atomic E-state index is 0.0300. The van der Waals surface area contributed by atoms with E-state index in [0.29, 0.717) is 41.5 Å². The number of hydrogen-bond acceptors (Lipinski definition) is 6. The molecule has 1 aliphatic heterocycles. The van der Waals surface area contributed by atoms with Crippen molar-refractivity contribution in [3.63, 3.8) is 0 Å². The van der Waals surface area contributed by atoms with Crippen molar-refractivity contribution in [2.45, 2.75) is 11.8 Å². The Balaban J connectivity index is 2.09. The molecular weight excluding hydrogens is 382 g/mol. The van der Waals surface area contributed by atoms with Crippen LogP contribution in [0, 0.1) is 6.92 Å². The maximum absolute atomic E-state index is 13.4. The molecule has 0 bridgehead atoms. The second-order valence-electron chi connectivity index (χ2n) is 6.07. The molecule has 0 saturated carbocycles. The molecule has 0 unspecified atom stereocenters. The third-order valence-electron chi connectivity index (χ3n) is 4.38. The lowest BCUT2D eigenvalue weighted by atomic mass is 10.1. The molecule has 0 radical (unpaired) electrons. The highest BCUT2D eigenvalue weighted by molar-refractivity contribution is 7.92. The van der Waals surface area contributed by atoms with E-state index < -0.39 is 16.0 Å². The van der Waals surface area contributed by atoms with Crippen molar-refractivity contribution in [1.29, 1.82) is 0 Å². The summed E-state index contributed by atoms with van der Waals surface area (Å²) in [6.07, 6.45) is 1.49. The maximum atomic E-state index is 13.4. The van der Waals surface area contributed by atoms with Crippen molar-refractivity contribution in [3.8, 4) is 11.5 Å². The van der Waals surface area contributed by atoms with Crippen LogP contribution >= 0.6 is 0 Å². The van der Waals surface area contributed by atoms with Crippen LogP contribution in [0.25, 0.3) is 0 Å². The zero-order valence-corrected chi connectivity index (χ0v) is 16.5. The Morgan fingerprint density at radius 2 is 1.93 bits per heavy atom. The third kappa shape index (κ3) is 3.55. The van der Waals surface area contributed by atoms with Crippen molar-refractivity contribution >= 4 is 21.7 Å². The molecule has 3 rings (SSSR count). The monoisotopic (exact) mass is 403 g/mol. The first-order chi connectivity index (χ1) is 13.4. The second kappa shape index (κ2) is 7.93. The predicted octanol–water partition coefficient (Wildman–Crippen LogP) is 2.93. The van der Waals surface area contributed by atoms with Gasteiger partial charge in [-0.05, 0) is 36.8 Å². The van der Waals surface area contributed by atoms with Gasteiger partial charge in [0.05, 0.1) is 29.8 Å². The van der Waals surface area contributed by atoms with Gasteiger partial charge in [-0.3, -0.25) is 4.31 Å². The van der Waals surface area contributed by atoms with Crippen molar-refractivity contribution in [3.05, 3.63) is 60.2 Å². The van der Waals surface area contributed by atoms with E-state index >= 15 is 0 Å². The third-order valence-corrected chi connectivity index (χ3v) is 6.15. The van der Waals surface area contributed by atoms with E-state index in [-0.39, 0.29) is 11.4 Å². The molecule has 0 atom stereocenters. The van der Waals surface area contributed by atoms with Crippen molar-refractivity contribution in [1.82, 2.24) is 0 Å². The maximum Gasteiger partial charge on any atom is 0.338 e. The highest BCUT2D eigenvalue weighted by atomic mass is 32.2. The zero-order valence-electron chi connectivity index (χ0n) is 15.7. The fourth-order valence-corrected chi connectivity index (χ4v) is 4.49. The van der Waals surface area contributed by atoms with E-state index in [0.717, 1.165) is 0 Å². The van der Waals surface area contributed by atoms with Crippen LogP contribution in [0.1, 0.15) is 15.9 Å². The molecule has 0 fully saturated rings. The average Bonchev–Trinajstić information content (AvgIpc) is 2.71. The lowest BCUT2D eigenvalue weighted by Gasteiger charge is -2.26. The Bertz CT molecular complexity index is 1020. The Morgan fingerprint density at radius 3 is 2.61 bits per heavy atom. The number of methoxy groups -OCH3 is 1. The number of esters is 1. The SMILES string of the molecule is C=CCN(c1cccc(C(=O)OC)c1C)S(=O)(=O)c1ccc2c(c1)OCCO2. The van der Waals surface area contributed by atoms with Gasteiger partial charge in [0, 0.05) is 6.07 Å². The summed E-state index contributed by atoms with van der Waals surface area (Å²) in [7, 11) is -2.67. The Hall–Kier alpha value is -3.00. The summed E-state index contributed by atoms with van der Waals surface area (Å²) in [5, 5.41) is 0. The number of nitrogens with zero attached hydrogens (tertiary/aromatic N) is 1. The molecular formula is C20H21NO6S. The van der Waals surface area contributed by atoms with Crippen molar-refractivity contribution < 1.29 is 27.4 Å². The van der Waals surface area contributed by atoms with Crippen LogP contribution < -0.4 is 13.8 Å². The van der Waals surface area contributed by atoms with Crippen LogP contribution in [0.4, 0.5) is 5.69 Å². The molecule has 148 valence electrons. The van der Waals surface area contributed by atoms with Crippen LogP contribution in [0.2, 0.25) is 0 Å². The molecule has 0 saturated heterocycles. The van der Waals surface area contributed by atoms with Crippen LogP contribution in [-0.4, -0.2) is 41.3 Å². The van der Waals surface area contributed by atoms with Gasteiger partial charge < -0.3 is 14.2 Å². The van der Waals surface area contributed by atoms with Crippen LogP contribution in [0.3, 0.4) is 0 Å². The number of hydrogen-bond donors (Lipinski definition) is 0. The highest BCUT2D eigenvalue weighted by Crippen LogP contribution is 2.35. The quantitative estimate of drug-likeness (QED) is 0.545. The van der Waals surface area contributed by atoms with Crippen LogP contribution in [0.15, 0.2) is 53.9 Å². The minimum atomic E-state index is -3.95. The largest absolute Gasteiger partial charge is 0.486 e. The summed E-state index contributed by atoms with van der Waals surface area (Å²) in [6.45, 7) is 6.14. The molecule has 2 aromatic rings. The number of carbonyl (C=O) groups is 1. The molecule has 8 heteroatoms. The molecule has 0 aliphatic carbocycles. The Labute approximate surface area is 164 Å². The van der Waals surface area contributed by atoms with E-state index in [9.17, 15) is 13.2 Å². The first kappa shape index (κ1) is 19.8. The van der Waals surface area contributed by atoms with Crippen molar-refractivity contribution in [2.24, 2.45) is 0 Å². The van der Waals surface area contributed by atoms with Crippen molar-refractivity contribution in [2.75, 3.05) is 31.2 Å². The number of sulfonamides is 1. The molecule has 28 heavy (non-hydrogen) atoms. The van der Waals surface area contributed by atoms with Gasteiger partial charge in [0.15, 0.2) is 11.5 Å². The fourth-order valence-electron chi connectivity index (χ4n) is 2.98. The van der Waals surface area contributed by atoms with Gasteiger partial charge in [0.1, 0.15) is 13.2 Å². The molecule has 1 heterocycles. The van der Waals surface area contributed by atoms with E-state index in [1.165, 1.54) is 29.6 Å². The Morgan fingerprint density at radius 1 is 1.21 bits per heavy atom. The number of fused-ring (bicyclic) bond motifs is 1. The lowest BCUT2D eigenvalue weighted by molar-refractivity contribution is 0.0600. The van der Waals surface area contributed by atoms with Crippen LogP contribution in [0.5, 0.6) is 11.5 Å². The van der Waals surface area contributed by atoms with Gasteiger partial charge in [-0.2, -0.15) is 0 Å². The van der Waals surface area contributed by atoms with E-state index in [1.54, 1.807) is 31.2 Å². The summed E-state index contributed by atoms with van der Waals surface area (Å²) < 4.78 is 43.7. The smallest absolute Gasteiger partial charge is 0.338 e. The summed E-state index contributed by atoms with van der Waals surface area (Å²) in [5.74, 6) is 0.352. The molecule has 0 N–H and O–H groups in total. The second-order valence-corrected chi connectivity index (χ2v) is 7.93. The molecule has 0 amide bonds. The molecule has 2 aromatic carbocycles. The summed E-state index contributed by atoms with van der Waals surface area (Å²) in [4.78, 5) is 12.1. The van der Waals surface area contributed by atoms with Gasteiger partial charge in [0.25, 0.3) is 10.0 Å². The first-order valence-electron chi connectivity index (χ1n) is 8.61. The van der Waals surface area contributed by atoms with Crippen LogP contribution in [-0.2, 0) is 14.8 Å². The Kier molecular flexibility index (Phi) is 5.60. The van der Waals surface area contributed by atoms with E-state index in [1.807, 2.05) is 0 Å². The molecule has 0 spiro atoms. The number of carbonyl (C=O) groups excluding carboxylic acids is 1. The zero-order chi connectivity index (χ0) is 20.3. The summed E-state index contributed by atoms with van der Waals surface area (Å²) >= 11 is 0. The number of ether oxygens (including phenoxy) is 3. The lowest BCUT2D eigenvalue weighted by Crippen LogP contribution is -2.32. The van der Waals surface area contributed by atoms with Gasteiger partial charge in [-0.15, -0.1) is 6.58 Å².